The molecule has 1 aromatic heterocycles. The summed E-state index contributed by atoms with van der Waals surface area (Å²) in [5.74, 6) is -0.591. The molecule has 1 aliphatic heterocycles. The monoisotopic (exact) mass is 397 g/mol. The standard InChI is InChI=1S/C21H20ClN3O3/c22-15-11-17-16(2-1-5-23-17)18(12-15)25-8-6-24(7-9-25)13-21(28)14-3-4-19(26)20(27)10-14/h1-5,10-12,26-27H,6-9,13H2. The quantitative estimate of drug-likeness (QED) is 0.519. The van der Waals surface area contributed by atoms with Crippen molar-refractivity contribution < 1.29 is 15.0 Å². The number of aromatic hydroxyl groups is 2. The summed E-state index contributed by atoms with van der Waals surface area (Å²) >= 11 is 6.27. The average Bonchev–Trinajstić information content (AvgIpc) is 2.70. The maximum Gasteiger partial charge on any atom is 0.176 e. The molecule has 7 heteroatoms. The third-order valence-electron chi connectivity index (χ3n) is 5.04. The normalized spacial score (nSPS) is 15.1. The number of nitrogens with zero attached hydrogens (tertiary/aromatic N) is 3. The summed E-state index contributed by atoms with van der Waals surface area (Å²) in [7, 11) is 0. The zero-order chi connectivity index (χ0) is 19.7. The Hall–Kier alpha value is -2.83. The Morgan fingerprint density at radius 3 is 2.57 bits per heavy atom. The number of hydrogen-bond acceptors (Lipinski definition) is 6. The lowest BCUT2D eigenvalue weighted by Gasteiger charge is -2.36. The van der Waals surface area contributed by atoms with Crippen LogP contribution in [0.15, 0.2) is 48.7 Å². The van der Waals surface area contributed by atoms with Crippen molar-refractivity contribution in [1.82, 2.24) is 9.88 Å². The van der Waals surface area contributed by atoms with Crippen molar-refractivity contribution >= 4 is 34.0 Å². The van der Waals surface area contributed by atoms with Gasteiger partial charge in [-0.05, 0) is 42.5 Å². The molecule has 1 aliphatic rings. The molecule has 4 rings (SSSR count). The number of carbonyl (C=O) groups is 1. The molecule has 2 heterocycles. The summed E-state index contributed by atoms with van der Waals surface area (Å²) in [5, 5.41) is 20.7. The Balaban J connectivity index is 1.44. The second kappa shape index (κ2) is 7.66. The Labute approximate surface area is 167 Å². The lowest BCUT2D eigenvalue weighted by molar-refractivity contribution is 0.0926. The predicted molar refractivity (Wildman–Crippen MR) is 110 cm³/mol. The van der Waals surface area contributed by atoms with E-state index >= 15 is 0 Å². The largest absolute Gasteiger partial charge is 0.504 e. The first-order chi connectivity index (χ1) is 13.5. The molecule has 1 fully saturated rings. The third kappa shape index (κ3) is 3.74. The zero-order valence-corrected chi connectivity index (χ0v) is 15.9. The van der Waals surface area contributed by atoms with Crippen LogP contribution in [0.1, 0.15) is 10.4 Å². The number of phenols is 2. The summed E-state index contributed by atoms with van der Waals surface area (Å²) in [4.78, 5) is 21.2. The van der Waals surface area contributed by atoms with Gasteiger partial charge in [0.1, 0.15) is 0 Å². The first kappa shape index (κ1) is 18.5. The predicted octanol–water partition coefficient (Wildman–Crippen LogP) is 3.30. The number of halogens is 1. The highest BCUT2D eigenvalue weighted by Gasteiger charge is 2.22. The van der Waals surface area contributed by atoms with Crippen molar-refractivity contribution in [3.63, 3.8) is 0 Å². The molecule has 3 aromatic rings. The van der Waals surface area contributed by atoms with Crippen molar-refractivity contribution in [3.05, 3.63) is 59.2 Å². The zero-order valence-electron chi connectivity index (χ0n) is 15.2. The fourth-order valence-corrected chi connectivity index (χ4v) is 3.74. The summed E-state index contributed by atoms with van der Waals surface area (Å²) < 4.78 is 0. The minimum atomic E-state index is -0.280. The van der Waals surface area contributed by atoms with Gasteiger partial charge in [-0.2, -0.15) is 0 Å². The molecule has 2 aromatic carbocycles. The van der Waals surface area contributed by atoms with Gasteiger partial charge in [-0.25, -0.2) is 0 Å². The van der Waals surface area contributed by atoms with Gasteiger partial charge in [0.05, 0.1) is 12.1 Å². The molecule has 0 spiro atoms. The highest BCUT2D eigenvalue weighted by Crippen LogP contribution is 2.30. The second-order valence-electron chi connectivity index (χ2n) is 6.88. The number of fused-ring (bicyclic) bond motifs is 1. The molecule has 0 amide bonds. The third-order valence-corrected chi connectivity index (χ3v) is 5.26. The molecule has 0 saturated carbocycles. The number of Topliss-reactive ketones (excluding diaryl/α,β-unsaturated/α-hetero) is 1. The summed E-state index contributed by atoms with van der Waals surface area (Å²) in [6.07, 6.45) is 1.76. The SMILES string of the molecule is O=C(CN1CCN(c2cc(Cl)cc3ncccc23)CC1)c1ccc(O)c(O)c1. The molecular weight excluding hydrogens is 378 g/mol. The van der Waals surface area contributed by atoms with Crippen LogP contribution in [-0.4, -0.2) is 58.6 Å². The molecule has 2 N–H and O–H groups in total. The van der Waals surface area contributed by atoms with Gasteiger partial charge in [0.15, 0.2) is 17.3 Å². The van der Waals surface area contributed by atoms with Gasteiger partial charge < -0.3 is 15.1 Å². The average molecular weight is 398 g/mol. The maximum absolute atomic E-state index is 12.5. The molecule has 0 atom stereocenters. The van der Waals surface area contributed by atoms with Crippen LogP contribution in [0.5, 0.6) is 11.5 Å². The number of ketones is 1. The van der Waals surface area contributed by atoms with E-state index in [0.717, 1.165) is 42.8 Å². The minimum Gasteiger partial charge on any atom is -0.504 e. The van der Waals surface area contributed by atoms with Crippen LogP contribution in [0, 0.1) is 0 Å². The number of benzene rings is 2. The van der Waals surface area contributed by atoms with Gasteiger partial charge in [-0.3, -0.25) is 14.7 Å². The Bertz CT molecular complexity index is 1030. The Morgan fingerprint density at radius 1 is 1.04 bits per heavy atom. The Morgan fingerprint density at radius 2 is 1.82 bits per heavy atom. The van der Waals surface area contributed by atoms with Crippen molar-refractivity contribution in [2.45, 2.75) is 0 Å². The van der Waals surface area contributed by atoms with E-state index in [2.05, 4.69) is 14.8 Å². The van der Waals surface area contributed by atoms with Gasteiger partial charge in [-0.15, -0.1) is 0 Å². The lowest BCUT2D eigenvalue weighted by Crippen LogP contribution is -2.48. The molecule has 1 saturated heterocycles. The number of hydrogen-bond donors (Lipinski definition) is 2. The number of carbonyl (C=O) groups excluding carboxylic acids is 1. The number of aromatic nitrogens is 1. The molecular formula is C21H20ClN3O3. The lowest BCUT2D eigenvalue weighted by atomic mass is 10.1. The fraction of sp³-hybridized carbons (Fsp3) is 0.238. The van der Waals surface area contributed by atoms with Crippen LogP contribution in [-0.2, 0) is 0 Å². The van der Waals surface area contributed by atoms with E-state index in [1.165, 1.54) is 18.2 Å². The van der Waals surface area contributed by atoms with Crippen LogP contribution in [0.4, 0.5) is 5.69 Å². The van der Waals surface area contributed by atoms with Crippen molar-refractivity contribution in [2.24, 2.45) is 0 Å². The van der Waals surface area contributed by atoms with Crippen molar-refractivity contribution in [3.8, 4) is 11.5 Å². The number of phenolic OH excluding ortho intramolecular Hbond substituents is 2. The number of rotatable bonds is 4. The summed E-state index contributed by atoms with van der Waals surface area (Å²) in [6.45, 7) is 3.31. The summed E-state index contributed by atoms with van der Waals surface area (Å²) in [5.41, 5.74) is 2.32. The van der Waals surface area contributed by atoms with Gasteiger partial charge in [0.2, 0.25) is 0 Å². The van der Waals surface area contributed by atoms with Gasteiger partial charge >= 0.3 is 0 Å². The van der Waals surface area contributed by atoms with E-state index in [0.29, 0.717) is 10.6 Å². The van der Waals surface area contributed by atoms with E-state index in [9.17, 15) is 15.0 Å². The van der Waals surface area contributed by atoms with E-state index in [1.807, 2.05) is 24.3 Å². The maximum atomic E-state index is 12.5. The molecule has 0 aliphatic carbocycles. The highest BCUT2D eigenvalue weighted by molar-refractivity contribution is 6.31. The van der Waals surface area contributed by atoms with Crippen molar-refractivity contribution in [1.29, 1.82) is 0 Å². The first-order valence-electron chi connectivity index (χ1n) is 9.08. The van der Waals surface area contributed by atoms with Gasteiger partial charge in [-0.1, -0.05) is 11.6 Å². The van der Waals surface area contributed by atoms with E-state index < -0.39 is 0 Å². The number of piperazine rings is 1. The fourth-order valence-electron chi connectivity index (χ4n) is 3.53. The Kier molecular flexibility index (Phi) is 5.07. The molecule has 0 bridgehead atoms. The van der Waals surface area contributed by atoms with Crippen molar-refractivity contribution in [2.75, 3.05) is 37.6 Å². The molecule has 28 heavy (non-hydrogen) atoms. The first-order valence-corrected chi connectivity index (χ1v) is 9.46. The molecule has 0 radical (unpaired) electrons. The van der Waals surface area contributed by atoms with Crippen LogP contribution < -0.4 is 4.90 Å². The van der Waals surface area contributed by atoms with Gasteiger partial charge in [0, 0.05) is 54.0 Å². The topological polar surface area (TPSA) is 76.9 Å². The molecule has 6 nitrogen and oxygen atoms in total. The van der Waals surface area contributed by atoms with E-state index in [1.54, 1.807) is 6.20 Å². The number of pyridine rings is 1. The van der Waals surface area contributed by atoms with E-state index in [-0.39, 0.29) is 23.8 Å². The minimum absolute atomic E-state index is 0.0823. The van der Waals surface area contributed by atoms with Gasteiger partial charge in [0.25, 0.3) is 0 Å². The second-order valence-corrected chi connectivity index (χ2v) is 7.32. The molecule has 0 unspecified atom stereocenters. The van der Waals surface area contributed by atoms with Crippen LogP contribution in [0.25, 0.3) is 10.9 Å². The number of anilines is 1. The molecule has 144 valence electrons. The van der Waals surface area contributed by atoms with Crippen LogP contribution in [0.3, 0.4) is 0 Å². The van der Waals surface area contributed by atoms with E-state index in [4.69, 9.17) is 11.6 Å². The smallest absolute Gasteiger partial charge is 0.176 e. The highest BCUT2D eigenvalue weighted by atomic mass is 35.5. The van der Waals surface area contributed by atoms with Crippen LogP contribution in [0.2, 0.25) is 5.02 Å². The summed E-state index contributed by atoms with van der Waals surface area (Å²) in [6, 6.07) is 12.0. The van der Waals surface area contributed by atoms with Crippen LogP contribution >= 0.6 is 11.6 Å².